The van der Waals surface area contributed by atoms with Crippen LogP contribution in [-0.2, 0) is 16.0 Å². The summed E-state index contributed by atoms with van der Waals surface area (Å²) in [7, 11) is 0. The molecule has 4 N–H and O–H groups in total. The van der Waals surface area contributed by atoms with E-state index in [0.717, 1.165) is 30.9 Å². The van der Waals surface area contributed by atoms with Gasteiger partial charge >= 0.3 is 0 Å². The number of primary amides is 1. The molecule has 1 aliphatic carbocycles. The Bertz CT molecular complexity index is 1250. The number of carbonyl (C=O) groups excluding carboxylic acids is 2. The number of nitrogens with zero attached hydrogens (tertiary/aromatic N) is 1. The van der Waals surface area contributed by atoms with Crippen LogP contribution in [0.4, 0.5) is 8.78 Å². The molecular weight excluding hydrogens is 536 g/mol. The van der Waals surface area contributed by atoms with Crippen molar-refractivity contribution < 1.29 is 23.5 Å². The highest BCUT2D eigenvalue weighted by Gasteiger charge is 2.50. The van der Waals surface area contributed by atoms with E-state index in [1.54, 1.807) is 17.9 Å². The van der Waals surface area contributed by atoms with E-state index >= 15 is 0 Å². The van der Waals surface area contributed by atoms with Crippen LogP contribution in [-0.4, -0.2) is 47.6 Å². The van der Waals surface area contributed by atoms with Gasteiger partial charge in [0.2, 0.25) is 11.8 Å². The average Bonchev–Trinajstić information content (AvgIpc) is 2.95. The molecule has 0 radical (unpaired) electrons. The van der Waals surface area contributed by atoms with Gasteiger partial charge in [-0.3, -0.25) is 9.59 Å². The van der Waals surface area contributed by atoms with Gasteiger partial charge in [0.05, 0.1) is 11.5 Å². The number of rotatable bonds is 15. The third-order valence-corrected chi connectivity index (χ3v) is 8.05. The molecule has 0 aliphatic heterocycles. The summed E-state index contributed by atoms with van der Waals surface area (Å²) in [5.41, 5.74) is 6.72. The summed E-state index contributed by atoms with van der Waals surface area (Å²) < 4.78 is 28.7. The fourth-order valence-corrected chi connectivity index (χ4v) is 6.21. The van der Waals surface area contributed by atoms with Crippen molar-refractivity contribution in [3.63, 3.8) is 0 Å². The lowest BCUT2D eigenvalue weighted by atomic mass is 9.63. The Morgan fingerprint density at radius 1 is 1.05 bits per heavy atom. The Balaban J connectivity index is 2.13. The Labute approximate surface area is 248 Å². The zero-order valence-electron chi connectivity index (χ0n) is 25.2. The van der Waals surface area contributed by atoms with Crippen molar-refractivity contribution in [1.29, 1.82) is 0 Å². The molecule has 0 saturated carbocycles. The standard InChI is InChI=1S/C34H45F2N3O3/c1-5-13-39(14-6-2)33(42)34(20-23(4)15-26(21-34)32(37)41)29(18-24-16-27(35)19-28(36)17-24)31(40)22-38-30(7-3)25-11-9-8-10-12-25/h8-12,15-17,19-20,29-31,38,40H,5-7,13-14,18,21-22H2,1-4H3,(H2,37,41)/t29-,30-,31+,34?/m1/s1. The molecule has 2 aromatic carbocycles. The van der Waals surface area contributed by atoms with Crippen molar-refractivity contribution in [1.82, 2.24) is 10.2 Å². The summed E-state index contributed by atoms with van der Waals surface area (Å²) in [4.78, 5) is 28.9. The molecule has 0 fully saturated rings. The summed E-state index contributed by atoms with van der Waals surface area (Å²) in [6, 6.07) is 13.1. The molecule has 8 heteroatoms. The van der Waals surface area contributed by atoms with E-state index in [0.29, 0.717) is 24.2 Å². The minimum atomic E-state index is -1.37. The van der Waals surface area contributed by atoms with Crippen LogP contribution in [0.25, 0.3) is 0 Å². The molecule has 6 nitrogen and oxygen atoms in total. The molecule has 42 heavy (non-hydrogen) atoms. The Morgan fingerprint density at radius 3 is 2.21 bits per heavy atom. The number of hydrogen-bond donors (Lipinski definition) is 3. The average molecular weight is 582 g/mol. The van der Waals surface area contributed by atoms with Crippen molar-refractivity contribution >= 4 is 11.8 Å². The van der Waals surface area contributed by atoms with Gasteiger partial charge in [-0.05, 0) is 62.3 Å². The maximum absolute atomic E-state index is 14.6. The quantitative estimate of drug-likeness (QED) is 0.254. The maximum atomic E-state index is 14.6. The van der Waals surface area contributed by atoms with Gasteiger partial charge in [-0.2, -0.15) is 0 Å². The van der Waals surface area contributed by atoms with Gasteiger partial charge in [0, 0.05) is 43.2 Å². The first kappa shape index (κ1) is 33.1. The number of benzene rings is 2. The second kappa shape index (κ2) is 15.2. The molecule has 0 saturated heterocycles. The molecule has 1 aliphatic rings. The molecule has 2 amide bonds. The highest BCUT2D eigenvalue weighted by molar-refractivity contribution is 5.96. The molecule has 0 spiro atoms. The lowest BCUT2D eigenvalue weighted by Gasteiger charge is -2.45. The topological polar surface area (TPSA) is 95.7 Å². The zero-order chi connectivity index (χ0) is 30.9. The van der Waals surface area contributed by atoms with Crippen molar-refractivity contribution in [3.05, 3.63) is 94.6 Å². The third-order valence-electron chi connectivity index (χ3n) is 8.05. The Kier molecular flexibility index (Phi) is 12.0. The summed E-state index contributed by atoms with van der Waals surface area (Å²) in [6.45, 7) is 8.92. The maximum Gasteiger partial charge on any atom is 0.244 e. The highest BCUT2D eigenvalue weighted by atomic mass is 19.1. The van der Waals surface area contributed by atoms with Gasteiger partial charge in [0.1, 0.15) is 11.6 Å². The number of carbonyl (C=O) groups is 2. The normalized spacial score (nSPS) is 18.9. The van der Waals surface area contributed by atoms with E-state index in [9.17, 15) is 23.5 Å². The number of allylic oxidation sites excluding steroid dienone is 2. The van der Waals surface area contributed by atoms with E-state index in [1.165, 1.54) is 12.1 Å². The van der Waals surface area contributed by atoms with Gasteiger partial charge in [0.15, 0.2) is 0 Å². The smallest absolute Gasteiger partial charge is 0.244 e. The van der Waals surface area contributed by atoms with Crippen LogP contribution >= 0.6 is 0 Å². The van der Waals surface area contributed by atoms with Gasteiger partial charge in [-0.1, -0.05) is 68.8 Å². The number of nitrogens with one attached hydrogen (secondary N) is 1. The predicted molar refractivity (Wildman–Crippen MR) is 162 cm³/mol. The molecule has 228 valence electrons. The van der Waals surface area contributed by atoms with Gasteiger partial charge in [-0.25, -0.2) is 8.78 Å². The fraction of sp³-hybridized carbons (Fsp3) is 0.471. The summed E-state index contributed by atoms with van der Waals surface area (Å²) in [5, 5.41) is 15.4. The van der Waals surface area contributed by atoms with Crippen molar-refractivity contribution in [2.75, 3.05) is 19.6 Å². The Hall–Kier alpha value is -3.36. The molecule has 0 heterocycles. The first-order valence-electron chi connectivity index (χ1n) is 14.9. The SMILES string of the molecule is CCCN(CCC)C(=O)C1([C@H](Cc2cc(F)cc(F)c2)[C@@H](O)CN[C@H](CC)c2ccccc2)C=C(C)C=C(C(N)=O)C1. The van der Waals surface area contributed by atoms with Crippen molar-refractivity contribution in [3.8, 4) is 0 Å². The number of aliphatic hydroxyl groups excluding tert-OH is 1. The molecule has 0 bridgehead atoms. The number of aliphatic hydroxyl groups is 1. The van der Waals surface area contributed by atoms with Crippen LogP contribution in [0.15, 0.2) is 71.8 Å². The first-order chi connectivity index (χ1) is 20.0. The van der Waals surface area contributed by atoms with E-state index in [-0.39, 0.29) is 36.9 Å². The largest absolute Gasteiger partial charge is 0.391 e. The summed E-state index contributed by atoms with van der Waals surface area (Å²) >= 11 is 0. The zero-order valence-corrected chi connectivity index (χ0v) is 25.2. The fourth-order valence-electron chi connectivity index (χ4n) is 6.21. The summed E-state index contributed by atoms with van der Waals surface area (Å²) in [5.74, 6) is -3.18. The number of hydrogen-bond acceptors (Lipinski definition) is 4. The monoisotopic (exact) mass is 581 g/mol. The van der Waals surface area contributed by atoms with E-state index in [4.69, 9.17) is 5.73 Å². The molecule has 1 unspecified atom stereocenters. The minimum Gasteiger partial charge on any atom is -0.391 e. The molecule has 2 aromatic rings. The van der Waals surface area contributed by atoms with E-state index in [2.05, 4.69) is 5.32 Å². The van der Waals surface area contributed by atoms with Gasteiger partial charge < -0.3 is 21.1 Å². The van der Waals surface area contributed by atoms with Gasteiger partial charge in [-0.15, -0.1) is 0 Å². The molecule has 3 rings (SSSR count). The number of halogens is 2. The lowest BCUT2D eigenvalue weighted by molar-refractivity contribution is -0.145. The van der Waals surface area contributed by atoms with Crippen LogP contribution in [0.1, 0.15) is 70.5 Å². The lowest BCUT2D eigenvalue weighted by Crippen LogP contribution is -2.54. The first-order valence-corrected chi connectivity index (χ1v) is 14.9. The van der Waals surface area contributed by atoms with Crippen LogP contribution < -0.4 is 11.1 Å². The highest BCUT2D eigenvalue weighted by Crippen LogP contribution is 2.46. The second-order valence-corrected chi connectivity index (χ2v) is 11.4. The van der Waals surface area contributed by atoms with E-state index < -0.39 is 35.0 Å². The third kappa shape index (κ3) is 8.13. The van der Waals surface area contributed by atoms with Crippen LogP contribution in [0.2, 0.25) is 0 Å². The van der Waals surface area contributed by atoms with Crippen LogP contribution in [0.3, 0.4) is 0 Å². The second-order valence-electron chi connectivity index (χ2n) is 11.4. The number of nitrogens with two attached hydrogens (primary N) is 1. The molecule has 0 aromatic heterocycles. The van der Waals surface area contributed by atoms with Crippen LogP contribution in [0, 0.1) is 23.0 Å². The number of amides is 2. The van der Waals surface area contributed by atoms with Gasteiger partial charge in [0.25, 0.3) is 0 Å². The molecule has 4 atom stereocenters. The van der Waals surface area contributed by atoms with E-state index in [1.807, 2.05) is 57.2 Å². The summed E-state index contributed by atoms with van der Waals surface area (Å²) in [6.07, 6.45) is 4.58. The Morgan fingerprint density at radius 2 is 1.67 bits per heavy atom. The molecular formula is C34H45F2N3O3. The van der Waals surface area contributed by atoms with Crippen molar-refractivity contribution in [2.24, 2.45) is 17.1 Å². The van der Waals surface area contributed by atoms with Crippen molar-refractivity contribution in [2.45, 2.75) is 71.9 Å². The predicted octanol–water partition coefficient (Wildman–Crippen LogP) is 5.62. The minimum absolute atomic E-state index is 0.00725. The van der Waals surface area contributed by atoms with Crippen LogP contribution in [0.5, 0.6) is 0 Å².